The molecule has 0 radical (unpaired) electrons. The van der Waals surface area contributed by atoms with Gasteiger partial charge in [-0.1, -0.05) is 23.7 Å². The minimum absolute atomic E-state index is 0.0108. The summed E-state index contributed by atoms with van der Waals surface area (Å²) >= 11 is 5.99. The maximum atomic E-state index is 11.6. The maximum absolute atomic E-state index is 11.6. The molecule has 0 N–H and O–H groups in total. The maximum Gasteiger partial charge on any atom is 0.165 e. The third kappa shape index (κ3) is 2.37. The number of hydrogen-bond donors (Lipinski definition) is 0. The van der Waals surface area contributed by atoms with Gasteiger partial charge in [0.15, 0.2) is 5.78 Å². The molecule has 0 saturated carbocycles. The van der Waals surface area contributed by atoms with Crippen molar-refractivity contribution in [1.82, 2.24) is 0 Å². The van der Waals surface area contributed by atoms with Gasteiger partial charge in [-0.05, 0) is 18.6 Å². The minimum atomic E-state index is 0.0108. The fourth-order valence-corrected chi connectivity index (χ4v) is 1.41. The number of Topliss-reactive ketones (excluding diaryl/α,β-unsaturated/α-hetero) is 1. The first-order chi connectivity index (χ1) is 6.66. The SMILES string of the molecule is C#CCCC(=O)c1cccc(C)c1Cl. The largest absolute Gasteiger partial charge is 0.294 e. The lowest BCUT2D eigenvalue weighted by atomic mass is 10.0. The number of carbonyl (C=O) groups excluding carboxylic acids is 1. The third-order valence-corrected chi connectivity index (χ3v) is 2.49. The number of aryl methyl sites for hydroxylation is 1. The Morgan fingerprint density at radius 2 is 2.29 bits per heavy atom. The van der Waals surface area contributed by atoms with Crippen LogP contribution >= 0.6 is 11.6 Å². The average molecular weight is 207 g/mol. The summed E-state index contributed by atoms with van der Waals surface area (Å²) in [6.45, 7) is 1.88. The molecule has 0 spiro atoms. The van der Waals surface area contributed by atoms with Gasteiger partial charge in [-0.25, -0.2) is 0 Å². The van der Waals surface area contributed by atoms with Crippen LogP contribution in [-0.4, -0.2) is 5.78 Å². The molecule has 0 heterocycles. The molecule has 0 bridgehead atoms. The average Bonchev–Trinajstić information content (AvgIpc) is 2.18. The third-order valence-electron chi connectivity index (χ3n) is 1.99. The van der Waals surface area contributed by atoms with Crippen molar-refractivity contribution < 1.29 is 4.79 Å². The van der Waals surface area contributed by atoms with Gasteiger partial charge in [0.25, 0.3) is 0 Å². The van der Waals surface area contributed by atoms with Crippen molar-refractivity contribution in [3.63, 3.8) is 0 Å². The molecule has 0 saturated heterocycles. The molecule has 0 aliphatic rings. The van der Waals surface area contributed by atoms with Crippen LogP contribution in [0.5, 0.6) is 0 Å². The zero-order valence-corrected chi connectivity index (χ0v) is 8.77. The van der Waals surface area contributed by atoms with Crippen molar-refractivity contribution in [3.05, 3.63) is 34.3 Å². The molecule has 0 atom stereocenters. The number of terminal acetylenes is 1. The molecule has 0 aromatic heterocycles. The Kier molecular flexibility index (Phi) is 3.73. The number of ketones is 1. The number of carbonyl (C=O) groups is 1. The molecule has 0 amide bonds. The molecular formula is C12H11ClO. The van der Waals surface area contributed by atoms with Gasteiger partial charge >= 0.3 is 0 Å². The summed E-state index contributed by atoms with van der Waals surface area (Å²) in [5.41, 5.74) is 1.49. The predicted octanol–water partition coefficient (Wildman–Crippen LogP) is 3.24. The van der Waals surface area contributed by atoms with E-state index in [0.29, 0.717) is 23.4 Å². The van der Waals surface area contributed by atoms with Gasteiger partial charge in [0.1, 0.15) is 0 Å². The van der Waals surface area contributed by atoms with Crippen LogP contribution in [0.1, 0.15) is 28.8 Å². The van der Waals surface area contributed by atoms with E-state index in [0.717, 1.165) is 5.56 Å². The summed E-state index contributed by atoms with van der Waals surface area (Å²) in [5, 5.41) is 0.537. The van der Waals surface area contributed by atoms with Crippen LogP contribution in [0, 0.1) is 19.3 Å². The van der Waals surface area contributed by atoms with Gasteiger partial charge in [-0.2, -0.15) is 0 Å². The van der Waals surface area contributed by atoms with Crippen LogP contribution in [0.25, 0.3) is 0 Å². The standard InChI is InChI=1S/C12H11ClO/c1-3-4-8-11(14)10-7-5-6-9(2)12(10)13/h1,5-7H,4,8H2,2H3. The Balaban J connectivity index is 2.91. The predicted molar refractivity (Wildman–Crippen MR) is 58.6 cm³/mol. The van der Waals surface area contributed by atoms with Gasteiger partial charge in [0.2, 0.25) is 0 Å². The quantitative estimate of drug-likeness (QED) is 0.548. The smallest absolute Gasteiger partial charge is 0.165 e. The lowest BCUT2D eigenvalue weighted by Crippen LogP contribution is -2.00. The summed E-state index contributed by atoms with van der Waals surface area (Å²) in [5.74, 6) is 2.45. The second kappa shape index (κ2) is 4.83. The highest BCUT2D eigenvalue weighted by atomic mass is 35.5. The van der Waals surface area contributed by atoms with Crippen molar-refractivity contribution in [2.45, 2.75) is 19.8 Å². The van der Waals surface area contributed by atoms with Crippen LogP contribution in [0.2, 0.25) is 5.02 Å². The van der Waals surface area contributed by atoms with Crippen LogP contribution in [0.3, 0.4) is 0 Å². The molecule has 72 valence electrons. The fraction of sp³-hybridized carbons (Fsp3) is 0.250. The molecule has 1 rings (SSSR count). The van der Waals surface area contributed by atoms with E-state index in [2.05, 4.69) is 5.92 Å². The molecule has 1 nitrogen and oxygen atoms in total. The first kappa shape index (κ1) is 10.8. The van der Waals surface area contributed by atoms with Gasteiger partial charge in [0.05, 0.1) is 5.02 Å². The lowest BCUT2D eigenvalue weighted by Gasteiger charge is -2.04. The van der Waals surface area contributed by atoms with E-state index in [1.54, 1.807) is 6.07 Å². The molecule has 0 aliphatic carbocycles. The highest BCUT2D eigenvalue weighted by molar-refractivity contribution is 6.34. The summed E-state index contributed by atoms with van der Waals surface area (Å²) < 4.78 is 0. The zero-order chi connectivity index (χ0) is 10.6. The highest BCUT2D eigenvalue weighted by Crippen LogP contribution is 2.21. The van der Waals surface area contributed by atoms with Crippen LogP contribution in [-0.2, 0) is 0 Å². The van der Waals surface area contributed by atoms with E-state index in [9.17, 15) is 4.79 Å². The second-order valence-corrected chi connectivity index (χ2v) is 3.44. The lowest BCUT2D eigenvalue weighted by molar-refractivity contribution is 0.0984. The Labute approximate surface area is 89.1 Å². The van der Waals surface area contributed by atoms with Crippen molar-refractivity contribution in [2.75, 3.05) is 0 Å². The summed E-state index contributed by atoms with van der Waals surface area (Å²) in [4.78, 5) is 11.6. The molecule has 0 aliphatic heterocycles. The van der Waals surface area contributed by atoms with E-state index >= 15 is 0 Å². The molecule has 1 aromatic carbocycles. The molecule has 0 fully saturated rings. The first-order valence-corrected chi connectivity index (χ1v) is 4.76. The Hall–Kier alpha value is -1.26. The molecule has 1 aromatic rings. The molecule has 2 heteroatoms. The zero-order valence-electron chi connectivity index (χ0n) is 8.01. The summed E-state index contributed by atoms with van der Waals surface area (Å²) in [6, 6.07) is 5.43. The van der Waals surface area contributed by atoms with Crippen LogP contribution in [0.15, 0.2) is 18.2 Å². The minimum Gasteiger partial charge on any atom is -0.294 e. The van der Waals surface area contributed by atoms with E-state index in [1.165, 1.54) is 0 Å². The monoisotopic (exact) mass is 206 g/mol. The summed E-state index contributed by atoms with van der Waals surface area (Å²) in [7, 11) is 0. The van der Waals surface area contributed by atoms with E-state index < -0.39 is 0 Å². The molecular weight excluding hydrogens is 196 g/mol. The second-order valence-electron chi connectivity index (χ2n) is 3.06. The topological polar surface area (TPSA) is 17.1 Å². The Bertz CT molecular complexity index is 388. The number of hydrogen-bond acceptors (Lipinski definition) is 1. The summed E-state index contributed by atoms with van der Waals surface area (Å²) in [6.07, 6.45) is 5.91. The number of benzene rings is 1. The van der Waals surface area contributed by atoms with Crippen molar-refractivity contribution >= 4 is 17.4 Å². The molecule has 14 heavy (non-hydrogen) atoms. The molecule has 0 unspecified atom stereocenters. The normalized spacial score (nSPS) is 9.50. The Morgan fingerprint density at radius 3 is 2.93 bits per heavy atom. The van der Waals surface area contributed by atoms with E-state index in [4.69, 9.17) is 18.0 Å². The van der Waals surface area contributed by atoms with Crippen LogP contribution < -0.4 is 0 Å². The highest BCUT2D eigenvalue weighted by Gasteiger charge is 2.10. The van der Waals surface area contributed by atoms with Crippen molar-refractivity contribution in [1.29, 1.82) is 0 Å². The van der Waals surface area contributed by atoms with E-state index in [-0.39, 0.29) is 5.78 Å². The van der Waals surface area contributed by atoms with E-state index in [1.807, 2.05) is 19.1 Å². The first-order valence-electron chi connectivity index (χ1n) is 4.38. The van der Waals surface area contributed by atoms with Gasteiger partial charge < -0.3 is 0 Å². The fourth-order valence-electron chi connectivity index (χ4n) is 1.18. The Morgan fingerprint density at radius 1 is 1.57 bits per heavy atom. The number of rotatable bonds is 3. The van der Waals surface area contributed by atoms with Gasteiger partial charge in [-0.15, -0.1) is 12.3 Å². The van der Waals surface area contributed by atoms with Gasteiger partial charge in [0, 0.05) is 18.4 Å². The van der Waals surface area contributed by atoms with Crippen molar-refractivity contribution in [2.24, 2.45) is 0 Å². The van der Waals surface area contributed by atoms with Gasteiger partial charge in [-0.3, -0.25) is 4.79 Å². The van der Waals surface area contributed by atoms with Crippen molar-refractivity contribution in [3.8, 4) is 12.3 Å². The van der Waals surface area contributed by atoms with Crippen LogP contribution in [0.4, 0.5) is 0 Å². The number of halogens is 1.